The number of hydrogen-bond acceptors (Lipinski definition) is 8. The minimum absolute atomic E-state index is 0.165. The van der Waals surface area contributed by atoms with Gasteiger partial charge in [-0.3, -0.25) is 0 Å². The third kappa shape index (κ3) is 4.85. The molecule has 0 amide bonds. The fraction of sp³-hybridized carbons (Fsp3) is 0.444. The zero-order chi connectivity index (χ0) is 20.1. The van der Waals surface area contributed by atoms with Crippen LogP contribution in [-0.2, 0) is 9.47 Å². The molecule has 0 saturated carbocycles. The van der Waals surface area contributed by atoms with Crippen molar-refractivity contribution in [3.05, 3.63) is 36.2 Å². The Hall–Kier alpha value is -2.66. The third-order valence-electron chi connectivity index (χ3n) is 4.58. The van der Waals surface area contributed by atoms with E-state index in [1.165, 1.54) is 24.5 Å². The molecule has 2 aliphatic heterocycles. The van der Waals surface area contributed by atoms with Crippen LogP contribution in [0.4, 0.5) is 20.4 Å². The van der Waals surface area contributed by atoms with Crippen molar-refractivity contribution in [1.29, 1.82) is 0 Å². The minimum Gasteiger partial charge on any atom is -0.525 e. The average Bonchev–Trinajstić information content (AvgIpc) is 2.75. The third-order valence-corrected chi connectivity index (χ3v) is 4.58. The van der Waals surface area contributed by atoms with Crippen LogP contribution in [0.1, 0.15) is 0 Å². The molecule has 0 aliphatic carbocycles. The molecule has 0 spiro atoms. The van der Waals surface area contributed by atoms with Crippen LogP contribution in [0.5, 0.6) is 11.5 Å². The lowest BCUT2D eigenvalue weighted by Gasteiger charge is -2.28. The number of anilines is 2. The van der Waals surface area contributed by atoms with Crippen molar-refractivity contribution in [3.8, 4) is 11.5 Å². The Bertz CT molecular complexity index is 768. The molecule has 2 aliphatic rings. The molecule has 2 saturated heterocycles. The molecular weight excluding hydrogens is 385 g/mol. The Balaban J connectivity index is 1.31. The van der Waals surface area contributed by atoms with Gasteiger partial charge in [0.05, 0.1) is 38.8 Å². The number of morpholine rings is 2. The van der Waals surface area contributed by atoms with Gasteiger partial charge in [-0.1, -0.05) is 0 Å². The first-order chi connectivity index (χ1) is 14.2. The molecule has 1 radical (unpaired) electrons. The van der Waals surface area contributed by atoms with Crippen LogP contribution in [0.15, 0.2) is 24.5 Å². The molecule has 0 aromatic carbocycles. The van der Waals surface area contributed by atoms with Gasteiger partial charge in [-0.2, -0.15) is 0 Å². The van der Waals surface area contributed by atoms with Crippen molar-refractivity contribution in [1.82, 2.24) is 9.97 Å². The van der Waals surface area contributed by atoms with E-state index < -0.39 is 11.6 Å². The van der Waals surface area contributed by atoms with E-state index in [4.69, 9.17) is 18.8 Å². The Kier molecular flexibility index (Phi) is 6.25. The maximum Gasteiger partial charge on any atom is 0.658 e. The van der Waals surface area contributed by atoms with Gasteiger partial charge >= 0.3 is 7.69 Å². The summed E-state index contributed by atoms with van der Waals surface area (Å²) < 4.78 is 49.6. The minimum atomic E-state index is -0.500. The fourth-order valence-corrected chi connectivity index (χ4v) is 3.11. The highest BCUT2D eigenvalue weighted by molar-refractivity contribution is 6.20. The van der Waals surface area contributed by atoms with Crippen molar-refractivity contribution in [2.75, 3.05) is 62.4 Å². The molecule has 153 valence electrons. The summed E-state index contributed by atoms with van der Waals surface area (Å²) in [6, 6.07) is 2.44. The van der Waals surface area contributed by atoms with Gasteiger partial charge in [0.2, 0.25) is 0 Å². The number of nitrogens with zero attached hydrogens (tertiary/aromatic N) is 4. The van der Waals surface area contributed by atoms with Crippen LogP contribution >= 0.6 is 0 Å². The Morgan fingerprint density at radius 2 is 1.17 bits per heavy atom. The maximum atomic E-state index is 14.3. The van der Waals surface area contributed by atoms with Gasteiger partial charge < -0.3 is 28.6 Å². The molecule has 0 bridgehead atoms. The second kappa shape index (κ2) is 9.23. The predicted octanol–water partition coefficient (Wildman–Crippen LogP) is 1.42. The number of hydrogen-bond donors (Lipinski definition) is 0. The van der Waals surface area contributed by atoms with E-state index in [1.54, 1.807) is 0 Å². The van der Waals surface area contributed by atoms with Crippen molar-refractivity contribution < 1.29 is 27.6 Å². The number of rotatable bonds is 6. The average molecular weight is 405 g/mol. The quantitative estimate of drug-likeness (QED) is 0.669. The van der Waals surface area contributed by atoms with Gasteiger partial charge in [0, 0.05) is 38.3 Å². The Morgan fingerprint density at radius 3 is 1.55 bits per heavy atom. The lowest BCUT2D eigenvalue weighted by molar-refractivity contribution is 0.122. The first-order valence-corrected chi connectivity index (χ1v) is 9.32. The van der Waals surface area contributed by atoms with Gasteiger partial charge in [0.25, 0.3) is 0 Å². The van der Waals surface area contributed by atoms with Crippen LogP contribution in [-0.4, -0.2) is 70.3 Å². The van der Waals surface area contributed by atoms with Gasteiger partial charge in [-0.25, -0.2) is 18.7 Å². The second-order valence-corrected chi connectivity index (χ2v) is 6.48. The molecule has 0 atom stereocenters. The molecule has 11 heteroatoms. The first-order valence-electron chi connectivity index (χ1n) is 9.32. The van der Waals surface area contributed by atoms with Gasteiger partial charge in [0.15, 0.2) is 23.3 Å². The van der Waals surface area contributed by atoms with Gasteiger partial charge in [-0.15, -0.1) is 0 Å². The highest BCUT2D eigenvalue weighted by atomic mass is 19.1. The van der Waals surface area contributed by atoms with Crippen molar-refractivity contribution in [2.24, 2.45) is 0 Å². The van der Waals surface area contributed by atoms with E-state index in [9.17, 15) is 8.78 Å². The molecular formula is C18H20BF2N4O4. The van der Waals surface area contributed by atoms with Gasteiger partial charge in [-0.05, 0) is 0 Å². The summed E-state index contributed by atoms with van der Waals surface area (Å²) in [6.07, 6.45) is 2.79. The second-order valence-electron chi connectivity index (χ2n) is 6.48. The normalized spacial score (nSPS) is 17.2. The summed E-state index contributed by atoms with van der Waals surface area (Å²) in [5.41, 5.74) is 0. The van der Waals surface area contributed by atoms with Crippen LogP contribution < -0.4 is 19.1 Å². The maximum absolute atomic E-state index is 14.3. The summed E-state index contributed by atoms with van der Waals surface area (Å²) >= 11 is 0. The fourth-order valence-electron chi connectivity index (χ4n) is 3.11. The lowest BCUT2D eigenvalue weighted by Crippen LogP contribution is -2.37. The first kappa shape index (κ1) is 19.7. The molecule has 0 unspecified atom stereocenters. The van der Waals surface area contributed by atoms with Gasteiger partial charge in [0.1, 0.15) is 11.5 Å². The zero-order valence-corrected chi connectivity index (χ0v) is 15.7. The van der Waals surface area contributed by atoms with E-state index >= 15 is 0 Å². The molecule has 29 heavy (non-hydrogen) atoms. The van der Waals surface area contributed by atoms with Crippen LogP contribution in [0.25, 0.3) is 0 Å². The largest absolute Gasteiger partial charge is 0.658 e. The number of halogens is 2. The van der Waals surface area contributed by atoms with E-state index in [-0.39, 0.29) is 23.1 Å². The Labute approximate surface area is 167 Å². The molecule has 2 aromatic rings. The van der Waals surface area contributed by atoms with Crippen LogP contribution in [0.2, 0.25) is 0 Å². The summed E-state index contributed by atoms with van der Waals surface area (Å²) in [7, 11) is 0.982. The number of pyridine rings is 2. The monoisotopic (exact) mass is 405 g/mol. The van der Waals surface area contributed by atoms with Crippen molar-refractivity contribution in [2.45, 2.75) is 0 Å². The van der Waals surface area contributed by atoms with E-state index in [0.29, 0.717) is 52.6 Å². The molecule has 4 rings (SSSR count). The SMILES string of the molecule is Fc1cc(O[B]Oc2cnc(N3CCOCC3)c(F)c2)cnc1N1CCOCC1. The standard InChI is InChI=1S/C18H20BF2N4O4/c20-15-9-13(11-22-17(15)24-1-5-26-6-2-24)28-19-29-14-10-16(21)18(23-12-14)25-3-7-27-8-4-25/h9-12H,1-8H2. The summed E-state index contributed by atoms with van der Waals surface area (Å²) in [5.74, 6) is -0.158. The lowest BCUT2D eigenvalue weighted by atomic mass is 10.3. The summed E-state index contributed by atoms with van der Waals surface area (Å²) in [6.45, 7) is 4.48. The molecule has 2 aromatic heterocycles. The molecule has 8 nitrogen and oxygen atoms in total. The molecule has 0 N–H and O–H groups in total. The number of aromatic nitrogens is 2. The van der Waals surface area contributed by atoms with Crippen LogP contribution in [0, 0.1) is 11.6 Å². The van der Waals surface area contributed by atoms with E-state index in [0.717, 1.165) is 7.69 Å². The van der Waals surface area contributed by atoms with Crippen LogP contribution in [0.3, 0.4) is 0 Å². The summed E-state index contributed by atoms with van der Waals surface area (Å²) in [4.78, 5) is 11.8. The highest BCUT2D eigenvalue weighted by Crippen LogP contribution is 2.23. The van der Waals surface area contributed by atoms with Crippen molar-refractivity contribution in [3.63, 3.8) is 0 Å². The zero-order valence-electron chi connectivity index (χ0n) is 15.7. The topological polar surface area (TPSA) is 69.2 Å². The van der Waals surface area contributed by atoms with E-state index in [2.05, 4.69) is 9.97 Å². The molecule has 4 heterocycles. The smallest absolute Gasteiger partial charge is 0.525 e. The number of ether oxygens (including phenoxy) is 2. The molecule has 2 fully saturated rings. The summed E-state index contributed by atoms with van der Waals surface area (Å²) in [5, 5.41) is 0. The van der Waals surface area contributed by atoms with Crippen molar-refractivity contribution >= 4 is 19.3 Å². The predicted molar refractivity (Wildman–Crippen MR) is 101 cm³/mol. The Morgan fingerprint density at radius 1 is 0.759 bits per heavy atom. The van der Waals surface area contributed by atoms with E-state index in [1.807, 2.05) is 9.80 Å². The highest BCUT2D eigenvalue weighted by Gasteiger charge is 2.19.